The Hall–Kier alpha value is -2.27. The van der Waals surface area contributed by atoms with E-state index in [1.807, 2.05) is 0 Å². The Morgan fingerprint density at radius 2 is 1.52 bits per heavy atom. The Bertz CT molecular complexity index is 707. The number of halogens is 2. The van der Waals surface area contributed by atoms with Crippen molar-refractivity contribution in [2.75, 3.05) is 19.8 Å². The van der Waals surface area contributed by atoms with Gasteiger partial charge in [0.15, 0.2) is 0 Å². The Balaban J connectivity index is 1.67. The first-order valence-electron chi connectivity index (χ1n) is 8.42. The van der Waals surface area contributed by atoms with E-state index in [0.717, 1.165) is 24.0 Å². The van der Waals surface area contributed by atoms with Crippen LogP contribution in [-0.4, -0.2) is 25.7 Å². The van der Waals surface area contributed by atoms with Crippen LogP contribution in [0.2, 0.25) is 0 Å². The molecule has 1 aliphatic heterocycles. The zero-order valence-electron chi connectivity index (χ0n) is 13.9. The Kier molecular flexibility index (Phi) is 5.43. The molecule has 2 aromatic carbocycles. The molecule has 1 aliphatic rings. The first kappa shape index (κ1) is 17.5. The van der Waals surface area contributed by atoms with E-state index in [9.17, 15) is 13.6 Å². The summed E-state index contributed by atoms with van der Waals surface area (Å²) in [6, 6.07) is 12.4. The molecule has 0 aliphatic carbocycles. The van der Waals surface area contributed by atoms with Gasteiger partial charge in [-0.2, -0.15) is 0 Å². The summed E-state index contributed by atoms with van der Waals surface area (Å²) < 4.78 is 31.6. The van der Waals surface area contributed by atoms with Gasteiger partial charge in [-0.3, -0.25) is 4.79 Å². The maximum atomic E-state index is 13.2. The highest BCUT2D eigenvalue weighted by Crippen LogP contribution is 2.34. The standard InChI is InChI=1S/C20H21F2NO2/c21-17-5-1-15(2-6-17)13-19(24)23-14-20(9-11-25-12-10-20)16-3-7-18(22)8-4-16/h1-8H,9-14H2,(H,23,24). The lowest BCUT2D eigenvalue weighted by Crippen LogP contribution is -2.45. The van der Waals surface area contributed by atoms with E-state index in [0.29, 0.717) is 19.8 Å². The molecule has 1 saturated heterocycles. The van der Waals surface area contributed by atoms with Crippen LogP contribution in [0.5, 0.6) is 0 Å². The van der Waals surface area contributed by atoms with Crippen LogP contribution < -0.4 is 5.32 Å². The summed E-state index contributed by atoms with van der Waals surface area (Å²) in [6.45, 7) is 1.71. The second-order valence-corrected chi connectivity index (χ2v) is 6.48. The van der Waals surface area contributed by atoms with Crippen LogP contribution in [0.25, 0.3) is 0 Å². The Morgan fingerprint density at radius 3 is 2.12 bits per heavy atom. The molecule has 1 N–H and O–H groups in total. The van der Waals surface area contributed by atoms with Crippen LogP contribution in [0.15, 0.2) is 48.5 Å². The van der Waals surface area contributed by atoms with E-state index in [4.69, 9.17) is 4.74 Å². The summed E-state index contributed by atoms with van der Waals surface area (Å²) in [5.41, 5.74) is 1.53. The average molecular weight is 345 g/mol. The van der Waals surface area contributed by atoms with E-state index < -0.39 is 0 Å². The highest BCUT2D eigenvalue weighted by Gasteiger charge is 2.34. The van der Waals surface area contributed by atoms with Crippen LogP contribution in [-0.2, 0) is 21.4 Å². The van der Waals surface area contributed by atoms with Gasteiger partial charge in [-0.15, -0.1) is 0 Å². The third kappa shape index (κ3) is 4.42. The van der Waals surface area contributed by atoms with Crippen LogP contribution >= 0.6 is 0 Å². The zero-order valence-corrected chi connectivity index (χ0v) is 13.9. The molecule has 2 aromatic rings. The van der Waals surface area contributed by atoms with Gasteiger partial charge in [0.25, 0.3) is 0 Å². The maximum absolute atomic E-state index is 13.2. The first-order chi connectivity index (χ1) is 12.1. The fourth-order valence-corrected chi connectivity index (χ4v) is 3.25. The molecule has 0 saturated carbocycles. The molecule has 0 bridgehead atoms. The second-order valence-electron chi connectivity index (χ2n) is 6.48. The molecule has 3 rings (SSSR count). The molecule has 25 heavy (non-hydrogen) atoms. The zero-order chi connectivity index (χ0) is 17.7. The number of hydrogen-bond donors (Lipinski definition) is 1. The second kappa shape index (κ2) is 7.74. The smallest absolute Gasteiger partial charge is 0.224 e. The van der Waals surface area contributed by atoms with Gasteiger partial charge in [0.05, 0.1) is 6.42 Å². The summed E-state index contributed by atoms with van der Waals surface area (Å²) in [7, 11) is 0. The van der Waals surface area contributed by atoms with Gasteiger partial charge in [0, 0.05) is 25.2 Å². The first-order valence-corrected chi connectivity index (χ1v) is 8.42. The molecule has 132 valence electrons. The van der Waals surface area contributed by atoms with Gasteiger partial charge in [0.1, 0.15) is 11.6 Å². The SMILES string of the molecule is O=C(Cc1ccc(F)cc1)NCC1(c2ccc(F)cc2)CCOCC1. The van der Waals surface area contributed by atoms with Crippen molar-refractivity contribution in [1.82, 2.24) is 5.32 Å². The molecule has 0 spiro atoms. The molecule has 1 heterocycles. The molecular formula is C20H21F2NO2. The van der Waals surface area contributed by atoms with Gasteiger partial charge in [-0.05, 0) is 48.2 Å². The molecule has 0 unspecified atom stereocenters. The highest BCUT2D eigenvalue weighted by atomic mass is 19.1. The minimum Gasteiger partial charge on any atom is -0.381 e. The molecule has 1 fully saturated rings. The summed E-state index contributed by atoms with van der Waals surface area (Å²) >= 11 is 0. The molecule has 0 radical (unpaired) electrons. The number of rotatable bonds is 5. The minimum absolute atomic E-state index is 0.111. The lowest BCUT2D eigenvalue weighted by Gasteiger charge is -2.38. The molecule has 5 heteroatoms. The van der Waals surface area contributed by atoms with Crippen LogP contribution in [0.4, 0.5) is 8.78 Å². The number of nitrogens with one attached hydrogen (secondary N) is 1. The van der Waals surface area contributed by atoms with Crippen molar-refractivity contribution in [2.45, 2.75) is 24.7 Å². The van der Waals surface area contributed by atoms with Gasteiger partial charge >= 0.3 is 0 Å². The lowest BCUT2D eigenvalue weighted by molar-refractivity contribution is -0.120. The van der Waals surface area contributed by atoms with Crippen LogP contribution in [0.3, 0.4) is 0 Å². The summed E-state index contributed by atoms with van der Waals surface area (Å²) in [4.78, 5) is 12.3. The number of amides is 1. The number of carbonyl (C=O) groups is 1. The predicted molar refractivity (Wildman–Crippen MR) is 91.2 cm³/mol. The number of benzene rings is 2. The Morgan fingerprint density at radius 1 is 0.960 bits per heavy atom. The molecule has 0 atom stereocenters. The largest absolute Gasteiger partial charge is 0.381 e. The highest BCUT2D eigenvalue weighted by molar-refractivity contribution is 5.78. The fourth-order valence-electron chi connectivity index (χ4n) is 3.25. The molecule has 0 aromatic heterocycles. The summed E-state index contributed by atoms with van der Waals surface area (Å²) in [5, 5.41) is 2.99. The molecular weight excluding hydrogens is 324 g/mol. The quantitative estimate of drug-likeness (QED) is 0.902. The van der Waals surface area contributed by atoms with E-state index in [-0.39, 0.29) is 29.4 Å². The third-order valence-corrected chi connectivity index (χ3v) is 4.81. The van der Waals surface area contributed by atoms with Crippen molar-refractivity contribution in [3.8, 4) is 0 Å². The summed E-state index contributed by atoms with van der Waals surface area (Å²) in [5.74, 6) is -0.701. The fraction of sp³-hybridized carbons (Fsp3) is 0.350. The summed E-state index contributed by atoms with van der Waals surface area (Å²) in [6.07, 6.45) is 1.75. The van der Waals surface area contributed by atoms with E-state index in [2.05, 4.69) is 5.32 Å². The average Bonchev–Trinajstić information content (AvgIpc) is 2.63. The number of hydrogen-bond acceptors (Lipinski definition) is 2. The van der Waals surface area contributed by atoms with Crippen molar-refractivity contribution >= 4 is 5.91 Å². The van der Waals surface area contributed by atoms with Crippen molar-refractivity contribution < 1.29 is 18.3 Å². The van der Waals surface area contributed by atoms with Crippen molar-refractivity contribution in [2.24, 2.45) is 0 Å². The van der Waals surface area contributed by atoms with E-state index in [1.165, 1.54) is 24.3 Å². The Labute approximate surface area is 146 Å². The maximum Gasteiger partial charge on any atom is 0.224 e. The van der Waals surface area contributed by atoms with Crippen LogP contribution in [0, 0.1) is 11.6 Å². The van der Waals surface area contributed by atoms with Crippen molar-refractivity contribution in [3.63, 3.8) is 0 Å². The van der Waals surface area contributed by atoms with Gasteiger partial charge in [0.2, 0.25) is 5.91 Å². The minimum atomic E-state index is -0.318. The van der Waals surface area contributed by atoms with E-state index in [1.54, 1.807) is 24.3 Å². The van der Waals surface area contributed by atoms with Gasteiger partial charge in [-0.1, -0.05) is 24.3 Å². The third-order valence-electron chi connectivity index (χ3n) is 4.81. The number of carbonyl (C=O) groups excluding carboxylic acids is 1. The predicted octanol–water partition coefficient (Wildman–Crippen LogP) is 3.37. The van der Waals surface area contributed by atoms with Crippen molar-refractivity contribution in [3.05, 3.63) is 71.3 Å². The number of ether oxygens (including phenoxy) is 1. The monoisotopic (exact) mass is 345 g/mol. The van der Waals surface area contributed by atoms with E-state index >= 15 is 0 Å². The topological polar surface area (TPSA) is 38.3 Å². The van der Waals surface area contributed by atoms with Gasteiger partial charge < -0.3 is 10.1 Å². The van der Waals surface area contributed by atoms with Gasteiger partial charge in [-0.25, -0.2) is 8.78 Å². The van der Waals surface area contributed by atoms with Crippen molar-refractivity contribution in [1.29, 1.82) is 0 Å². The lowest BCUT2D eigenvalue weighted by atomic mass is 9.74. The molecule has 1 amide bonds. The van der Waals surface area contributed by atoms with Crippen LogP contribution in [0.1, 0.15) is 24.0 Å². The molecule has 3 nitrogen and oxygen atoms in total. The normalized spacial score (nSPS) is 16.4.